The van der Waals surface area contributed by atoms with E-state index in [1.165, 1.54) is 0 Å². The molecule has 0 radical (unpaired) electrons. The maximum absolute atomic E-state index is 12.4. The number of nitrogens with zero attached hydrogens (tertiary/aromatic N) is 1. The Morgan fingerprint density at radius 2 is 1.88 bits per heavy atom. The summed E-state index contributed by atoms with van der Waals surface area (Å²) in [6.45, 7) is 3.31. The first kappa shape index (κ1) is 17.5. The van der Waals surface area contributed by atoms with E-state index < -0.39 is 12.0 Å². The predicted molar refractivity (Wildman–Crippen MR) is 91.0 cm³/mol. The van der Waals surface area contributed by atoms with E-state index in [9.17, 15) is 9.59 Å². The van der Waals surface area contributed by atoms with Gasteiger partial charge in [-0.3, -0.25) is 4.79 Å². The van der Waals surface area contributed by atoms with Gasteiger partial charge in [0.2, 0.25) is 5.91 Å². The molecule has 0 aromatic heterocycles. The lowest BCUT2D eigenvalue weighted by atomic mass is 10.0. The van der Waals surface area contributed by atoms with E-state index in [1.54, 1.807) is 6.07 Å². The Balaban J connectivity index is 2.10. The summed E-state index contributed by atoms with van der Waals surface area (Å²) in [6.07, 6.45) is 0.177. The fraction of sp³-hybridized carbons (Fsp3) is 0.316. The molecule has 0 spiro atoms. The molecule has 1 amide bonds. The number of fused-ring (bicyclic) bond motifs is 1. The van der Waals surface area contributed by atoms with Crippen molar-refractivity contribution in [3.63, 3.8) is 0 Å². The van der Waals surface area contributed by atoms with Crippen molar-refractivity contribution in [1.82, 2.24) is 5.32 Å². The molecule has 1 atom stereocenters. The molecule has 0 heterocycles. The number of amides is 1. The summed E-state index contributed by atoms with van der Waals surface area (Å²) in [5.74, 6) is -0.968. The second kappa shape index (κ2) is 8.11. The number of hydrogen-bond acceptors (Lipinski definition) is 4. The van der Waals surface area contributed by atoms with Gasteiger partial charge in [-0.05, 0) is 22.3 Å². The Bertz CT molecular complexity index is 772. The van der Waals surface area contributed by atoms with Gasteiger partial charge in [-0.15, -0.1) is 0 Å². The van der Waals surface area contributed by atoms with Crippen LogP contribution in [0.25, 0.3) is 10.8 Å². The zero-order chi connectivity index (χ0) is 17.5. The Morgan fingerprint density at radius 1 is 1.17 bits per heavy atom. The van der Waals surface area contributed by atoms with Crippen LogP contribution in [0.5, 0.6) is 0 Å². The Labute approximate surface area is 141 Å². The van der Waals surface area contributed by atoms with Crippen LogP contribution in [0.4, 0.5) is 0 Å². The third kappa shape index (κ3) is 4.32. The molecular formula is C19H20N2O3. The Kier molecular flexibility index (Phi) is 5.91. The number of nitriles is 1. The van der Waals surface area contributed by atoms with Crippen molar-refractivity contribution in [1.29, 1.82) is 5.26 Å². The van der Waals surface area contributed by atoms with Gasteiger partial charge >= 0.3 is 5.97 Å². The highest BCUT2D eigenvalue weighted by Crippen LogP contribution is 2.19. The standard InChI is InChI=1S/C19H20N2O3/c1-13(2)18(19(23)24-11-10-20)21-17(22)12-15-8-5-7-14-6-3-4-9-16(14)15/h3-9,13,18H,11-12H2,1-2H3,(H,21,22)/t18-/m0/s1. The number of carbonyl (C=O) groups is 2. The molecule has 5 heteroatoms. The average Bonchev–Trinajstić information content (AvgIpc) is 2.57. The van der Waals surface area contributed by atoms with Crippen LogP contribution >= 0.6 is 0 Å². The molecule has 5 nitrogen and oxygen atoms in total. The first-order chi connectivity index (χ1) is 11.5. The van der Waals surface area contributed by atoms with Gasteiger partial charge in [0.15, 0.2) is 6.61 Å². The maximum atomic E-state index is 12.4. The molecule has 0 bridgehead atoms. The van der Waals surface area contributed by atoms with E-state index in [4.69, 9.17) is 10.00 Å². The SMILES string of the molecule is CC(C)[C@H](NC(=O)Cc1cccc2ccccc12)C(=O)OCC#N. The van der Waals surface area contributed by atoms with E-state index in [2.05, 4.69) is 5.32 Å². The second-order valence-electron chi connectivity index (χ2n) is 5.87. The first-order valence-electron chi connectivity index (χ1n) is 7.82. The van der Waals surface area contributed by atoms with Gasteiger partial charge in [0.1, 0.15) is 12.1 Å². The van der Waals surface area contributed by atoms with Gasteiger partial charge in [0.25, 0.3) is 0 Å². The number of benzene rings is 2. The van der Waals surface area contributed by atoms with Crippen LogP contribution in [-0.4, -0.2) is 24.5 Å². The lowest BCUT2D eigenvalue weighted by Crippen LogP contribution is -2.45. The highest BCUT2D eigenvalue weighted by atomic mass is 16.5. The molecule has 24 heavy (non-hydrogen) atoms. The number of ether oxygens (including phenoxy) is 1. The fourth-order valence-electron chi connectivity index (χ4n) is 2.54. The van der Waals surface area contributed by atoms with Gasteiger partial charge in [-0.25, -0.2) is 4.79 Å². The Morgan fingerprint density at radius 3 is 2.58 bits per heavy atom. The highest BCUT2D eigenvalue weighted by Gasteiger charge is 2.25. The van der Waals surface area contributed by atoms with Gasteiger partial charge in [-0.1, -0.05) is 56.3 Å². The molecule has 0 aliphatic heterocycles. The van der Waals surface area contributed by atoms with Crippen molar-refractivity contribution >= 4 is 22.6 Å². The molecule has 124 valence electrons. The van der Waals surface area contributed by atoms with Gasteiger partial charge in [0, 0.05) is 0 Å². The van der Waals surface area contributed by atoms with Crippen LogP contribution in [0.3, 0.4) is 0 Å². The number of nitrogens with one attached hydrogen (secondary N) is 1. The van der Waals surface area contributed by atoms with Crippen molar-refractivity contribution in [2.75, 3.05) is 6.61 Å². The smallest absolute Gasteiger partial charge is 0.329 e. The number of hydrogen-bond donors (Lipinski definition) is 1. The molecule has 1 N–H and O–H groups in total. The normalized spacial score (nSPS) is 11.8. The predicted octanol–water partition coefficient (Wildman–Crippen LogP) is 2.59. The quantitative estimate of drug-likeness (QED) is 0.828. The van der Waals surface area contributed by atoms with Crippen LogP contribution in [-0.2, 0) is 20.7 Å². The minimum absolute atomic E-state index is 0.132. The van der Waals surface area contributed by atoms with Crippen LogP contribution in [0.15, 0.2) is 42.5 Å². The highest BCUT2D eigenvalue weighted by molar-refractivity contribution is 5.91. The molecule has 2 aromatic carbocycles. The molecule has 2 aromatic rings. The molecule has 0 aliphatic carbocycles. The zero-order valence-corrected chi connectivity index (χ0v) is 13.8. The lowest BCUT2D eigenvalue weighted by molar-refractivity contribution is -0.147. The van der Waals surface area contributed by atoms with Crippen LogP contribution < -0.4 is 5.32 Å². The van der Waals surface area contributed by atoms with Crippen LogP contribution in [0.2, 0.25) is 0 Å². The molecule has 2 rings (SSSR count). The first-order valence-corrected chi connectivity index (χ1v) is 7.82. The number of esters is 1. The van der Waals surface area contributed by atoms with Crippen molar-refractivity contribution < 1.29 is 14.3 Å². The van der Waals surface area contributed by atoms with Crippen molar-refractivity contribution in [2.45, 2.75) is 26.3 Å². The third-order valence-corrected chi connectivity index (χ3v) is 3.75. The molecule has 0 fully saturated rings. The minimum Gasteiger partial charge on any atom is -0.449 e. The van der Waals surface area contributed by atoms with Gasteiger partial charge in [0.05, 0.1) is 6.42 Å². The summed E-state index contributed by atoms with van der Waals surface area (Å²) in [7, 11) is 0. The van der Waals surface area contributed by atoms with E-state index in [0.29, 0.717) is 0 Å². The minimum atomic E-state index is -0.763. The summed E-state index contributed by atoms with van der Waals surface area (Å²) < 4.78 is 4.82. The van der Waals surface area contributed by atoms with E-state index >= 15 is 0 Å². The molecule has 0 aliphatic rings. The molecule has 0 unspecified atom stereocenters. The molecule has 0 saturated heterocycles. The topological polar surface area (TPSA) is 79.2 Å². The van der Waals surface area contributed by atoms with Crippen LogP contribution in [0.1, 0.15) is 19.4 Å². The zero-order valence-electron chi connectivity index (χ0n) is 13.8. The summed E-state index contributed by atoms with van der Waals surface area (Å²) in [4.78, 5) is 24.3. The van der Waals surface area contributed by atoms with Crippen LogP contribution in [0, 0.1) is 17.2 Å². The Hall–Kier alpha value is -2.87. The summed E-state index contributed by atoms with van der Waals surface area (Å²) in [5, 5.41) is 13.3. The van der Waals surface area contributed by atoms with E-state index in [1.807, 2.05) is 56.3 Å². The number of carbonyl (C=O) groups excluding carboxylic acids is 2. The lowest BCUT2D eigenvalue weighted by Gasteiger charge is -2.20. The van der Waals surface area contributed by atoms with Crippen molar-refractivity contribution in [3.8, 4) is 6.07 Å². The monoisotopic (exact) mass is 324 g/mol. The maximum Gasteiger partial charge on any atom is 0.329 e. The van der Waals surface area contributed by atoms with Crippen molar-refractivity contribution in [2.24, 2.45) is 5.92 Å². The van der Waals surface area contributed by atoms with Crippen molar-refractivity contribution in [3.05, 3.63) is 48.0 Å². The van der Waals surface area contributed by atoms with E-state index in [0.717, 1.165) is 16.3 Å². The third-order valence-electron chi connectivity index (χ3n) is 3.75. The number of rotatable bonds is 6. The summed E-state index contributed by atoms with van der Waals surface area (Å²) >= 11 is 0. The molecular weight excluding hydrogens is 304 g/mol. The molecule has 0 saturated carbocycles. The summed E-state index contributed by atoms with van der Waals surface area (Å²) in [6, 6.07) is 14.6. The second-order valence-corrected chi connectivity index (χ2v) is 5.87. The fourth-order valence-corrected chi connectivity index (χ4v) is 2.54. The summed E-state index contributed by atoms with van der Waals surface area (Å²) in [5.41, 5.74) is 0.901. The largest absolute Gasteiger partial charge is 0.449 e. The van der Waals surface area contributed by atoms with E-state index in [-0.39, 0.29) is 24.9 Å². The van der Waals surface area contributed by atoms with Gasteiger partial charge < -0.3 is 10.1 Å². The average molecular weight is 324 g/mol. The van der Waals surface area contributed by atoms with Gasteiger partial charge in [-0.2, -0.15) is 5.26 Å².